The molecule has 0 fully saturated rings. The summed E-state index contributed by atoms with van der Waals surface area (Å²) < 4.78 is 21.5. The van der Waals surface area contributed by atoms with Gasteiger partial charge in [-0.2, -0.15) is 0 Å². The quantitative estimate of drug-likeness (QED) is 0.210. The van der Waals surface area contributed by atoms with Crippen LogP contribution in [0.5, 0.6) is 11.5 Å². The number of benzene rings is 2. The molecule has 6 nitrogen and oxygen atoms in total. The van der Waals surface area contributed by atoms with Crippen LogP contribution in [-0.4, -0.2) is 38.4 Å². The minimum Gasteiger partial charge on any atom is -0.490 e. The van der Waals surface area contributed by atoms with Gasteiger partial charge in [0.1, 0.15) is 37.9 Å². The second-order valence-electron chi connectivity index (χ2n) is 8.94. The van der Waals surface area contributed by atoms with Crippen molar-refractivity contribution < 1.29 is 28.5 Å². The molecule has 0 atom stereocenters. The van der Waals surface area contributed by atoms with Crippen molar-refractivity contribution in [1.82, 2.24) is 0 Å². The predicted molar refractivity (Wildman–Crippen MR) is 137 cm³/mol. The van der Waals surface area contributed by atoms with Gasteiger partial charge in [-0.25, -0.2) is 9.59 Å². The normalized spacial score (nSPS) is 11.0. The molecule has 2 aromatic carbocycles. The molecule has 0 amide bonds. The molecule has 0 aromatic heterocycles. The zero-order valence-corrected chi connectivity index (χ0v) is 21.4. The molecule has 6 heteroatoms. The Kier molecular flexibility index (Phi) is 10.1. The Morgan fingerprint density at radius 1 is 0.714 bits per heavy atom. The van der Waals surface area contributed by atoms with Gasteiger partial charge in [-0.05, 0) is 55.2 Å². The lowest BCUT2D eigenvalue weighted by Gasteiger charge is -2.35. The average Bonchev–Trinajstić information content (AvgIpc) is 2.84. The molecule has 2 aromatic rings. The highest BCUT2D eigenvalue weighted by Crippen LogP contribution is 2.40. The van der Waals surface area contributed by atoms with Gasteiger partial charge < -0.3 is 18.9 Å². The Hall–Kier alpha value is -3.54. The number of hydrogen-bond donors (Lipinski definition) is 0. The van der Waals surface area contributed by atoms with E-state index in [4.69, 9.17) is 18.9 Å². The zero-order valence-electron chi connectivity index (χ0n) is 21.4. The van der Waals surface area contributed by atoms with E-state index in [0.29, 0.717) is 28.6 Å². The topological polar surface area (TPSA) is 71.1 Å². The molecule has 0 bridgehead atoms. The number of rotatable bonds is 13. The molecule has 0 aliphatic carbocycles. The summed E-state index contributed by atoms with van der Waals surface area (Å²) in [5, 5.41) is 0. The molecule has 0 N–H and O–H groups in total. The molecule has 2 rings (SSSR count). The summed E-state index contributed by atoms with van der Waals surface area (Å²) in [7, 11) is 0. The fraction of sp³-hybridized carbons (Fsp3) is 0.379. The lowest BCUT2D eigenvalue weighted by Crippen LogP contribution is -2.30. The standard InChI is InChI=1S/C29H36O6/c1-20(2)27(30)34-18-16-32-25-12-8-23(9-13-25)29(7,22(5)6)24-10-14-26(15-11-24)33-17-19-35-28(31)21(3)4/h8-15,22H,1,3,16-19H2,2,4-7H3. The van der Waals surface area contributed by atoms with Gasteiger partial charge in [0.05, 0.1) is 0 Å². The molecule has 188 valence electrons. The van der Waals surface area contributed by atoms with Gasteiger partial charge in [0, 0.05) is 16.6 Å². The Bertz CT molecular complexity index is 941. The van der Waals surface area contributed by atoms with Crippen LogP contribution in [0.15, 0.2) is 72.8 Å². The van der Waals surface area contributed by atoms with Gasteiger partial charge >= 0.3 is 11.9 Å². The molecule has 0 saturated carbocycles. The number of carbonyl (C=O) groups excluding carboxylic acids is 2. The van der Waals surface area contributed by atoms with Crippen LogP contribution >= 0.6 is 0 Å². The number of carbonyl (C=O) groups is 2. The number of ether oxygens (including phenoxy) is 4. The second-order valence-corrected chi connectivity index (χ2v) is 8.94. The first kappa shape index (κ1) is 27.7. The fourth-order valence-corrected chi connectivity index (χ4v) is 3.46. The van der Waals surface area contributed by atoms with E-state index in [0.717, 1.165) is 11.1 Å². The third kappa shape index (κ3) is 7.74. The van der Waals surface area contributed by atoms with Gasteiger partial charge in [0.2, 0.25) is 0 Å². The molecule has 0 saturated heterocycles. The first-order valence-electron chi connectivity index (χ1n) is 11.7. The lowest BCUT2D eigenvalue weighted by molar-refractivity contribution is -0.140. The molecule has 0 unspecified atom stereocenters. The van der Waals surface area contributed by atoms with Crippen molar-refractivity contribution in [2.75, 3.05) is 26.4 Å². The van der Waals surface area contributed by atoms with Crippen LogP contribution in [-0.2, 0) is 24.5 Å². The molecule has 0 heterocycles. The summed E-state index contributed by atoms with van der Waals surface area (Å²) in [6.07, 6.45) is 0. The maximum absolute atomic E-state index is 11.4. The summed E-state index contributed by atoms with van der Waals surface area (Å²) in [5.74, 6) is 0.910. The van der Waals surface area contributed by atoms with Gasteiger partial charge in [-0.1, -0.05) is 58.2 Å². The second kappa shape index (κ2) is 12.8. The highest BCUT2D eigenvalue weighted by molar-refractivity contribution is 5.87. The molecular weight excluding hydrogens is 444 g/mol. The zero-order chi connectivity index (χ0) is 26.0. The maximum Gasteiger partial charge on any atom is 0.333 e. The highest BCUT2D eigenvalue weighted by atomic mass is 16.6. The summed E-state index contributed by atoms with van der Waals surface area (Å²) in [6, 6.07) is 16.0. The first-order chi connectivity index (χ1) is 16.6. The summed E-state index contributed by atoms with van der Waals surface area (Å²) in [5.41, 5.74) is 2.82. The minimum atomic E-state index is -0.417. The monoisotopic (exact) mass is 480 g/mol. The third-order valence-corrected chi connectivity index (χ3v) is 5.93. The summed E-state index contributed by atoms with van der Waals surface area (Å²) >= 11 is 0. The first-order valence-corrected chi connectivity index (χ1v) is 11.7. The molecule has 0 radical (unpaired) electrons. The molecule has 0 spiro atoms. The van der Waals surface area contributed by atoms with Crippen molar-refractivity contribution in [2.45, 2.75) is 40.0 Å². The van der Waals surface area contributed by atoms with E-state index >= 15 is 0 Å². The van der Waals surface area contributed by atoms with Crippen LogP contribution in [0.25, 0.3) is 0 Å². The van der Waals surface area contributed by atoms with Crippen LogP contribution in [0, 0.1) is 5.92 Å². The Balaban J connectivity index is 2.00. The van der Waals surface area contributed by atoms with Crippen LogP contribution in [0.3, 0.4) is 0 Å². The molecular formula is C29H36O6. The van der Waals surface area contributed by atoms with Crippen LogP contribution in [0.1, 0.15) is 45.7 Å². The van der Waals surface area contributed by atoms with E-state index in [1.165, 1.54) is 0 Å². The van der Waals surface area contributed by atoms with E-state index < -0.39 is 11.9 Å². The Morgan fingerprint density at radius 2 is 1.06 bits per heavy atom. The van der Waals surface area contributed by atoms with Gasteiger partial charge in [-0.15, -0.1) is 0 Å². The predicted octanol–water partition coefficient (Wildman–Crippen LogP) is 5.64. The smallest absolute Gasteiger partial charge is 0.333 e. The van der Waals surface area contributed by atoms with Crippen molar-refractivity contribution in [3.63, 3.8) is 0 Å². The van der Waals surface area contributed by atoms with Gasteiger partial charge in [-0.3, -0.25) is 0 Å². The summed E-state index contributed by atoms with van der Waals surface area (Å²) in [6.45, 7) is 17.8. The van der Waals surface area contributed by atoms with E-state index in [1.807, 2.05) is 24.3 Å². The van der Waals surface area contributed by atoms with E-state index in [9.17, 15) is 9.59 Å². The summed E-state index contributed by atoms with van der Waals surface area (Å²) in [4.78, 5) is 22.9. The highest BCUT2D eigenvalue weighted by Gasteiger charge is 2.32. The third-order valence-electron chi connectivity index (χ3n) is 5.93. The maximum atomic E-state index is 11.4. The number of esters is 2. The van der Waals surface area contributed by atoms with Gasteiger partial charge in [0.15, 0.2) is 0 Å². The van der Waals surface area contributed by atoms with E-state index in [2.05, 4.69) is 58.2 Å². The van der Waals surface area contributed by atoms with Crippen molar-refractivity contribution >= 4 is 11.9 Å². The van der Waals surface area contributed by atoms with Crippen LogP contribution < -0.4 is 9.47 Å². The lowest BCUT2D eigenvalue weighted by atomic mass is 9.68. The van der Waals surface area contributed by atoms with Crippen molar-refractivity contribution in [1.29, 1.82) is 0 Å². The average molecular weight is 481 g/mol. The molecule has 0 aliphatic rings. The van der Waals surface area contributed by atoms with Crippen molar-refractivity contribution in [3.05, 3.63) is 84.0 Å². The largest absolute Gasteiger partial charge is 0.490 e. The van der Waals surface area contributed by atoms with E-state index in [1.54, 1.807) is 13.8 Å². The van der Waals surface area contributed by atoms with Crippen molar-refractivity contribution in [2.24, 2.45) is 5.92 Å². The Labute approximate surface area is 208 Å². The molecule has 35 heavy (non-hydrogen) atoms. The van der Waals surface area contributed by atoms with Gasteiger partial charge in [0.25, 0.3) is 0 Å². The minimum absolute atomic E-state index is 0.169. The van der Waals surface area contributed by atoms with Crippen molar-refractivity contribution in [3.8, 4) is 11.5 Å². The SMILES string of the molecule is C=C(C)C(=O)OCCOc1ccc(C(C)(c2ccc(OCCOC(=O)C(=C)C)cc2)C(C)C)cc1. The number of hydrogen-bond acceptors (Lipinski definition) is 6. The fourth-order valence-electron chi connectivity index (χ4n) is 3.46. The van der Waals surface area contributed by atoms with Crippen LogP contribution in [0.2, 0.25) is 0 Å². The molecule has 0 aliphatic heterocycles. The van der Waals surface area contributed by atoms with E-state index in [-0.39, 0.29) is 31.8 Å². The Morgan fingerprint density at radius 3 is 1.34 bits per heavy atom. The van der Waals surface area contributed by atoms with Crippen LogP contribution in [0.4, 0.5) is 0 Å².